The lowest BCUT2D eigenvalue weighted by molar-refractivity contribution is 0.102. The summed E-state index contributed by atoms with van der Waals surface area (Å²) in [4.78, 5) is 34.4. The van der Waals surface area contributed by atoms with Crippen molar-refractivity contribution in [3.63, 3.8) is 0 Å². The van der Waals surface area contributed by atoms with Gasteiger partial charge >= 0.3 is 0 Å². The zero-order chi connectivity index (χ0) is 15.4. The molecule has 0 saturated carbocycles. The lowest BCUT2D eigenvalue weighted by atomic mass is 10.2. The van der Waals surface area contributed by atoms with Gasteiger partial charge in [-0.1, -0.05) is 30.3 Å². The van der Waals surface area contributed by atoms with Crippen molar-refractivity contribution < 1.29 is 4.79 Å². The normalized spacial score (nSPS) is 10.2. The Hall–Kier alpha value is -3.28. The third kappa shape index (κ3) is 2.90. The van der Waals surface area contributed by atoms with Gasteiger partial charge in [0.2, 0.25) is 0 Å². The highest BCUT2D eigenvalue weighted by Crippen LogP contribution is 2.14. The largest absolute Gasteiger partial charge is 0.328 e. The molecule has 0 aliphatic rings. The maximum atomic E-state index is 12.0. The number of aromatic nitrogens is 3. The fraction of sp³-hybridized carbons (Fsp3) is 0. The number of hydrogen-bond donors (Lipinski definition) is 2. The number of nitrogens with zero attached hydrogens (tertiary/aromatic N) is 2. The molecule has 0 bridgehead atoms. The van der Waals surface area contributed by atoms with Crippen LogP contribution in [0.1, 0.15) is 10.4 Å². The molecular weight excluding hydrogens is 280 g/mol. The number of H-pyrrole nitrogens is 1. The second kappa shape index (κ2) is 6.01. The maximum Gasteiger partial charge on any atom is 0.261 e. The summed E-state index contributed by atoms with van der Waals surface area (Å²) >= 11 is 0. The molecule has 3 aromatic rings. The highest BCUT2D eigenvalue weighted by atomic mass is 16.2. The van der Waals surface area contributed by atoms with E-state index < -0.39 is 11.5 Å². The quantitative estimate of drug-likeness (QED) is 0.773. The Morgan fingerprint density at radius 3 is 2.41 bits per heavy atom. The number of carbonyl (C=O) groups is 1. The average molecular weight is 292 g/mol. The van der Waals surface area contributed by atoms with Crippen molar-refractivity contribution in [1.29, 1.82) is 0 Å². The molecule has 0 fully saturated rings. The highest BCUT2D eigenvalue weighted by Gasteiger charge is 2.10. The zero-order valence-corrected chi connectivity index (χ0v) is 11.5. The number of hydrogen-bond acceptors (Lipinski definition) is 4. The number of anilines is 1. The molecule has 0 saturated heterocycles. The van der Waals surface area contributed by atoms with E-state index in [2.05, 4.69) is 20.3 Å². The minimum Gasteiger partial charge on any atom is -0.328 e. The van der Waals surface area contributed by atoms with Crippen molar-refractivity contribution in [3.8, 4) is 11.4 Å². The number of aromatic amines is 1. The number of nitrogens with one attached hydrogen (secondary N) is 2. The van der Waals surface area contributed by atoms with Gasteiger partial charge in [0.25, 0.3) is 11.5 Å². The van der Waals surface area contributed by atoms with Crippen LogP contribution in [0, 0.1) is 0 Å². The van der Waals surface area contributed by atoms with Gasteiger partial charge in [-0.15, -0.1) is 0 Å². The van der Waals surface area contributed by atoms with Crippen molar-refractivity contribution in [2.75, 3.05) is 5.32 Å². The van der Waals surface area contributed by atoms with Crippen molar-refractivity contribution in [2.24, 2.45) is 0 Å². The third-order valence-electron chi connectivity index (χ3n) is 3.00. The van der Waals surface area contributed by atoms with Gasteiger partial charge in [-0.2, -0.15) is 0 Å². The van der Waals surface area contributed by atoms with Crippen LogP contribution in [0.15, 0.2) is 65.8 Å². The highest BCUT2D eigenvalue weighted by molar-refractivity contribution is 6.03. The predicted octanol–water partition coefficient (Wildman–Crippen LogP) is 2.08. The molecule has 108 valence electrons. The summed E-state index contributed by atoms with van der Waals surface area (Å²) in [5, 5.41) is 2.59. The molecule has 0 atom stereocenters. The average Bonchev–Trinajstić information content (AvgIpc) is 2.57. The molecule has 6 nitrogen and oxygen atoms in total. The van der Waals surface area contributed by atoms with Crippen molar-refractivity contribution in [2.45, 2.75) is 0 Å². The minimum atomic E-state index is -0.502. The van der Waals surface area contributed by atoms with Gasteiger partial charge < -0.3 is 10.3 Å². The Labute approximate surface area is 125 Å². The molecule has 2 aromatic heterocycles. The number of rotatable bonds is 3. The molecule has 22 heavy (non-hydrogen) atoms. The van der Waals surface area contributed by atoms with Crippen LogP contribution in [0.3, 0.4) is 0 Å². The van der Waals surface area contributed by atoms with Crippen molar-refractivity contribution in [1.82, 2.24) is 15.0 Å². The smallest absolute Gasteiger partial charge is 0.261 e. The predicted molar refractivity (Wildman–Crippen MR) is 82.5 cm³/mol. The van der Waals surface area contributed by atoms with Crippen molar-refractivity contribution >= 4 is 11.6 Å². The third-order valence-corrected chi connectivity index (χ3v) is 3.00. The van der Waals surface area contributed by atoms with Crippen LogP contribution in [0.4, 0.5) is 5.69 Å². The van der Waals surface area contributed by atoms with E-state index in [9.17, 15) is 9.59 Å². The standard InChI is InChI=1S/C16H12N4O2/c21-15-13(7-4-8-17-15)16(22)20-12-9-18-14(19-10-12)11-5-2-1-3-6-11/h1-10H,(H,17,21)(H,20,22). The lowest BCUT2D eigenvalue weighted by Crippen LogP contribution is -2.22. The summed E-state index contributed by atoms with van der Waals surface area (Å²) < 4.78 is 0. The molecule has 0 unspecified atom stereocenters. The van der Waals surface area contributed by atoms with E-state index in [1.807, 2.05) is 30.3 Å². The van der Waals surface area contributed by atoms with Gasteiger partial charge in [0.15, 0.2) is 5.82 Å². The van der Waals surface area contributed by atoms with E-state index in [-0.39, 0.29) is 5.56 Å². The summed E-state index contributed by atoms with van der Waals surface area (Å²) in [6.45, 7) is 0. The SMILES string of the molecule is O=C(Nc1cnc(-c2ccccc2)nc1)c1ccc[nH]c1=O. The Morgan fingerprint density at radius 2 is 1.73 bits per heavy atom. The molecular formula is C16H12N4O2. The topological polar surface area (TPSA) is 87.7 Å². The maximum absolute atomic E-state index is 12.0. The number of amides is 1. The van der Waals surface area contributed by atoms with Crippen LogP contribution in [0.5, 0.6) is 0 Å². The molecule has 1 aromatic carbocycles. The van der Waals surface area contributed by atoms with Crippen LogP contribution in [0.25, 0.3) is 11.4 Å². The van der Waals surface area contributed by atoms with Gasteiger partial charge in [-0.05, 0) is 12.1 Å². The molecule has 1 amide bonds. The van der Waals surface area contributed by atoms with E-state index in [0.717, 1.165) is 5.56 Å². The summed E-state index contributed by atoms with van der Waals surface area (Å²) in [7, 11) is 0. The monoisotopic (exact) mass is 292 g/mol. The van der Waals surface area contributed by atoms with Crippen LogP contribution >= 0.6 is 0 Å². The molecule has 3 rings (SSSR count). The molecule has 0 spiro atoms. The lowest BCUT2D eigenvalue weighted by Gasteiger charge is -2.05. The van der Waals surface area contributed by atoms with Gasteiger partial charge in [0.05, 0.1) is 18.1 Å². The number of pyridine rings is 1. The Morgan fingerprint density at radius 1 is 1.00 bits per heavy atom. The van der Waals surface area contributed by atoms with Crippen LogP contribution in [0.2, 0.25) is 0 Å². The Balaban J connectivity index is 1.78. The first-order valence-electron chi connectivity index (χ1n) is 6.60. The van der Waals surface area contributed by atoms with E-state index in [1.165, 1.54) is 24.7 Å². The summed E-state index contributed by atoms with van der Waals surface area (Å²) in [6, 6.07) is 12.6. The van der Waals surface area contributed by atoms with E-state index >= 15 is 0 Å². The second-order valence-electron chi connectivity index (χ2n) is 4.53. The molecule has 6 heteroatoms. The van der Waals surface area contributed by atoms with E-state index in [1.54, 1.807) is 6.07 Å². The first kappa shape index (κ1) is 13.7. The zero-order valence-electron chi connectivity index (χ0n) is 11.5. The number of benzene rings is 1. The van der Waals surface area contributed by atoms with Gasteiger partial charge in [-0.25, -0.2) is 9.97 Å². The van der Waals surface area contributed by atoms with Crippen LogP contribution in [-0.4, -0.2) is 20.9 Å². The summed E-state index contributed by atoms with van der Waals surface area (Å²) in [5.74, 6) is 0.0640. The molecule has 0 aliphatic carbocycles. The Kier molecular flexibility index (Phi) is 3.74. The van der Waals surface area contributed by atoms with Crippen molar-refractivity contribution in [3.05, 3.63) is 77.0 Å². The van der Waals surface area contributed by atoms with Gasteiger partial charge in [-0.3, -0.25) is 9.59 Å². The van der Waals surface area contributed by atoms with E-state index in [4.69, 9.17) is 0 Å². The molecule has 2 N–H and O–H groups in total. The summed E-state index contributed by atoms with van der Waals surface area (Å²) in [6.07, 6.45) is 4.48. The fourth-order valence-electron chi connectivity index (χ4n) is 1.93. The molecule has 2 heterocycles. The van der Waals surface area contributed by atoms with E-state index in [0.29, 0.717) is 11.5 Å². The van der Waals surface area contributed by atoms with Gasteiger partial charge in [0, 0.05) is 11.8 Å². The van der Waals surface area contributed by atoms with Crippen LogP contribution in [-0.2, 0) is 0 Å². The molecule has 0 aliphatic heterocycles. The fourth-order valence-corrected chi connectivity index (χ4v) is 1.93. The first-order chi connectivity index (χ1) is 10.7. The first-order valence-corrected chi connectivity index (χ1v) is 6.60. The van der Waals surface area contributed by atoms with Gasteiger partial charge in [0.1, 0.15) is 5.56 Å². The van der Waals surface area contributed by atoms with Crippen LogP contribution < -0.4 is 10.9 Å². The Bertz CT molecular complexity index is 842. The number of carbonyl (C=O) groups excluding carboxylic acids is 1. The minimum absolute atomic E-state index is 0.0367. The second-order valence-corrected chi connectivity index (χ2v) is 4.53. The summed E-state index contributed by atoms with van der Waals surface area (Å²) in [5.41, 5.74) is 0.907. The molecule has 0 radical (unpaired) electrons.